The average molecular weight is 361 g/mol. The second-order valence-corrected chi connectivity index (χ2v) is 7.81. The first-order chi connectivity index (χ1) is 12.5. The minimum absolute atomic E-state index is 0.00908. The fraction of sp³-hybridized carbons (Fsp3) is 0.737. The first-order valence-electron chi connectivity index (χ1n) is 9.70. The monoisotopic (exact) mass is 361 g/mol. The van der Waals surface area contributed by atoms with Gasteiger partial charge in [-0.3, -0.25) is 4.98 Å². The zero-order valence-corrected chi connectivity index (χ0v) is 16.1. The van der Waals surface area contributed by atoms with Crippen LogP contribution in [0.5, 0.6) is 0 Å². The van der Waals surface area contributed by atoms with E-state index in [1.54, 1.807) is 18.6 Å². The fourth-order valence-corrected chi connectivity index (χ4v) is 3.62. The molecule has 2 amide bonds. The molecule has 1 saturated heterocycles. The zero-order valence-electron chi connectivity index (χ0n) is 16.1. The smallest absolute Gasteiger partial charge is 0.317 e. The number of rotatable bonds is 6. The Morgan fingerprint density at radius 1 is 1.31 bits per heavy atom. The maximum Gasteiger partial charge on any atom is 0.317 e. The number of hydrogen-bond donors (Lipinski definition) is 1. The maximum atomic E-state index is 12.6. The Hall–Kier alpha value is -1.89. The molecule has 1 aromatic rings. The molecule has 2 fully saturated rings. The lowest BCUT2D eigenvalue weighted by Gasteiger charge is -2.52. The summed E-state index contributed by atoms with van der Waals surface area (Å²) in [5, 5.41) is 3.21. The molecule has 0 bridgehead atoms. The van der Waals surface area contributed by atoms with E-state index in [-0.39, 0.29) is 23.6 Å². The summed E-state index contributed by atoms with van der Waals surface area (Å²) in [5.74, 6) is 0.875. The van der Waals surface area contributed by atoms with Gasteiger partial charge in [-0.25, -0.2) is 9.78 Å². The van der Waals surface area contributed by atoms with Crippen LogP contribution in [-0.4, -0.2) is 65.8 Å². The Kier molecular flexibility index (Phi) is 5.96. The molecule has 7 heteroatoms. The van der Waals surface area contributed by atoms with Gasteiger partial charge in [-0.1, -0.05) is 27.2 Å². The molecule has 1 aliphatic carbocycles. The van der Waals surface area contributed by atoms with Crippen LogP contribution in [0, 0.1) is 5.41 Å². The van der Waals surface area contributed by atoms with E-state index < -0.39 is 0 Å². The molecule has 0 aromatic carbocycles. The van der Waals surface area contributed by atoms with E-state index in [4.69, 9.17) is 4.74 Å². The number of urea groups is 1. The molecule has 144 valence electrons. The van der Waals surface area contributed by atoms with Crippen LogP contribution in [0.2, 0.25) is 0 Å². The molecule has 1 N–H and O–H groups in total. The Bertz CT molecular complexity index is 587. The molecule has 3 rings (SSSR count). The summed E-state index contributed by atoms with van der Waals surface area (Å²) in [6.07, 6.45) is 8.53. The number of unbranched alkanes of at least 4 members (excludes halogenated alkanes) is 1. The third-order valence-corrected chi connectivity index (χ3v) is 5.73. The molecule has 2 atom stereocenters. The molecule has 0 radical (unpaired) electrons. The van der Waals surface area contributed by atoms with Crippen LogP contribution >= 0.6 is 0 Å². The minimum atomic E-state index is -0.00908. The molecule has 2 unspecified atom stereocenters. The number of aromatic nitrogens is 2. The average Bonchev–Trinajstić information content (AvgIpc) is 2.67. The van der Waals surface area contributed by atoms with Gasteiger partial charge in [0.15, 0.2) is 0 Å². The third-order valence-electron chi connectivity index (χ3n) is 5.73. The van der Waals surface area contributed by atoms with Crippen molar-refractivity contribution in [3.63, 3.8) is 0 Å². The standard InChI is InChI=1S/C19H31N5O2/c1-4-5-12-26-16-13-15(19(16,2)3)22-18(25)24-10-8-23(9-11-24)17-14-20-6-7-21-17/h6-7,14-16H,4-5,8-13H2,1-3H3,(H,22,25). The summed E-state index contributed by atoms with van der Waals surface area (Å²) >= 11 is 0. The largest absolute Gasteiger partial charge is 0.378 e. The van der Waals surface area contributed by atoms with Crippen LogP contribution in [0.25, 0.3) is 0 Å². The molecule has 2 heterocycles. The van der Waals surface area contributed by atoms with Crippen LogP contribution in [0.1, 0.15) is 40.0 Å². The predicted molar refractivity (Wildman–Crippen MR) is 101 cm³/mol. The summed E-state index contributed by atoms with van der Waals surface area (Å²) < 4.78 is 5.97. The first kappa shape index (κ1) is 18.9. The number of piperazine rings is 1. The zero-order chi connectivity index (χ0) is 18.6. The van der Waals surface area contributed by atoms with Crippen molar-refractivity contribution in [2.45, 2.75) is 52.2 Å². The van der Waals surface area contributed by atoms with E-state index >= 15 is 0 Å². The van der Waals surface area contributed by atoms with Crippen molar-refractivity contribution in [2.75, 3.05) is 37.7 Å². The lowest BCUT2D eigenvalue weighted by Crippen LogP contribution is -2.64. The quantitative estimate of drug-likeness (QED) is 0.787. The highest BCUT2D eigenvalue weighted by Gasteiger charge is 2.50. The highest BCUT2D eigenvalue weighted by molar-refractivity contribution is 5.75. The van der Waals surface area contributed by atoms with E-state index in [0.29, 0.717) is 13.1 Å². The van der Waals surface area contributed by atoms with Crippen molar-refractivity contribution in [1.29, 1.82) is 0 Å². The second kappa shape index (κ2) is 8.20. The number of anilines is 1. The van der Waals surface area contributed by atoms with Gasteiger partial charge in [-0.15, -0.1) is 0 Å². The number of hydrogen-bond acceptors (Lipinski definition) is 5. The van der Waals surface area contributed by atoms with E-state index in [2.05, 4.69) is 41.0 Å². The van der Waals surface area contributed by atoms with Gasteiger partial charge in [0.1, 0.15) is 5.82 Å². The van der Waals surface area contributed by atoms with Gasteiger partial charge in [0.05, 0.1) is 12.3 Å². The normalized spacial score (nSPS) is 24.9. The Morgan fingerprint density at radius 3 is 2.69 bits per heavy atom. The van der Waals surface area contributed by atoms with Crippen molar-refractivity contribution in [1.82, 2.24) is 20.2 Å². The van der Waals surface area contributed by atoms with Crippen molar-refractivity contribution in [3.05, 3.63) is 18.6 Å². The van der Waals surface area contributed by atoms with Crippen molar-refractivity contribution >= 4 is 11.8 Å². The fourth-order valence-electron chi connectivity index (χ4n) is 3.62. The highest BCUT2D eigenvalue weighted by Crippen LogP contribution is 2.42. The minimum Gasteiger partial charge on any atom is -0.378 e. The predicted octanol–water partition coefficient (Wildman–Crippen LogP) is 2.29. The number of nitrogens with zero attached hydrogens (tertiary/aromatic N) is 4. The maximum absolute atomic E-state index is 12.6. The van der Waals surface area contributed by atoms with Gasteiger partial charge in [0.2, 0.25) is 0 Å². The third kappa shape index (κ3) is 4.09. The number of carbonyl (C=O) groups excluding carboxylic acids is 1. The Labute approximate surface area is 156 Å². The van der Waals surface area contributed by atoms with Crippen molar-refractivity contribution in [3.8, 4) is 0 Å². The Balaban J connectivity index is 1.44. The van der Waals surface area contributed by atoms with Crippen LogP contribution in [0.15, 0.2) is 18.6 Å². The van der Waals surface area contributed by atoms with E-state index in [1.807, 2.05) is 4.90 Å². The molecule has 1 aromatic heterocycles. The van der Waals surface area contributed by atoms with Crippen molar-refractivity contribution < 1.29 is 9.53 Å². The van der Waals surface area contributed by atoms with Crippen LogP contribution < -0.4 is 10.2 Å². The topological polar surface area (TPSA) is 70.6 Å². The lowest BCUT2D eigenvalue weighted by atomic mass is 9.64. The molecule has 1 saturated carbocycles. The molecule has 2 aliphatic rings. The first-order valence-corrected chi connectivity index (χ1v) is 9.70. The summed E-state index contributed by atoms with van der Waals surface area (Å²) in [6.45, 7) is 10.3. The van der Waals surface area contributed by atoms with E-state index in [0.717, 1.165) is 44.8 Å². The lowest BCUT2D eigenvalue weighted by molar-refractivity contribution is -0.115. The van der Waals surface area contributed by atoms with E-state index in [1.165, 1.54) is 0 Å². The van der Waals surface area contributed by atoms with Crippen molar-refractivity contribution in [2.24, 2.45) is 5.41 Å². The summed E-state index contributed by atoms with van der Waals surface area (Å²) in [7, 11) is 0. The van der Waals surface area contributed by atoms with Gasteiger partial charge in [0, 0.05) is 56.6 Å². The van der Waals surface area contributed by atoms with Crippen LogP contribution in [0.3, 0.4) is 0 Å². The summed E-state index contributed by atoms with van der Waals surface area (Å²) in [5.41, 5.74) is -0.00908. The SMILES string of the molecule is CCCCOC1CC(NC(=O)N2CCN(c3cnccn3)CC2)C1(C)C. The number of carbonyl (C=O) groups is 1. The molecular weight excluding hydrogens is 330 g/mol. The van der Waals surface area contributed by atoms with Gasteiger partial charge in [-0.2, -0.15) is 0 Å². The number of ether oxygens (including phenoxy) is 1. The van der Waals surface area contributed by atoms with Crippen LogP contribution in [0.4, 0.5) is 10.6 Å². The van der Waals surface area contributed by atoms with Gasteiger partial charge in [0.25, 0.3) is 0 Å². The molecule has 1 aliphatic heterocycles. The Morgan fingerprint density at radius 2 is 2.08 bits per heavy atom. The van der Waals surface area contributed by atoms with Crippen LogP contribution in [-0.2, 0) is 4.74 Å². The summed E-state index contributed by atoms with van der Waals surface area (Å²) in [6, 6.07) is 0.216. The molecule has 26 heavy (non-hydrogen) atoms. The van der Waals surface area contributed by atoms with Gasteiger partial charge in [-0.05, 0) is 12.8 Å². The molecular formula is C19H31N5O2. The summed E-state index contributed by atoms with van der Waals surface area (Å²) in [4.78, 5) is 25.1. The van der Waals surface area contributed by atoms with Gasteiger partial charge >= 0.3 is 6.03 Å². The van der Waals surface area contributed by atoms with E-state index in [9.17, 15) is 4.79 Å². The number of nitrogens with one attached hydrogen (secondary N) is 1. The highest BCUT2D eigenvalue weighted by atomic mass is 16.5. The molecule has 7 nitrogen and oxygen atoms in total. The van der Waals surface area contributed by atoms with Gasteiger partial charge < -0.3 is 19.9 Å². The second-order valence-electron chi connectivity index (χ2n) is 7.81. The number of amides is 2. The molecule has 0 spiro atoms.